The van der Waals surface area contributed by atoms with Crippen LogP contribution in [0.3, 0.4) is 0 Å². The molecule has 33 heavy (non-hydrogen) atoms. The molecule has 0 aliphatic rings. The van der Waals surface area contributed by atoms with Crippen LogP contribution in [0.5, 0.6) is 5.75 Å². The number of aryl methyl sites for hydroxylation is 1. The number of anilines is 1. The summed E-state index contributed by atoms with van der Waals surface area (Å²) in [6.07, 6.45) is 0. The fourth-order valence-corrected chi connectivity index (χ4v) is 4.10. The van der Waals surface area contributed by atoms with Gasteiger partial charge < -0.3 is 10.1 Å². The zero-order chi connectivity index (χ0) is 23.5. The van der Waals surface area contributed by atoms with Crippen LogP contribution in [-0.4, -0.2) is 32.2 Å². The van der Waals surface area contributed by atoms with Crippen LogP contribution in [0.2, 0.25) is 5.02 Å². The summed E-state index contributed by atoms with van der Waals surface area (Å²) in [5.74, 6) is 0.560. The van der Waals surface area contributed by atoms with Gasteiger partial charge >= 0.3 is 0 Å². The SMILES string of the molecule is CCOc1ccc(-c2csc(-n3nc(C)cc3NC(=O)c3cc([N+](=O)[O-])ccc3Cl)n2)cc1. The van der Waals surface area contributed by atoms with Gasteiger partial charge in [0, 0.05) is 29.1 Å². The summed E-state index contributed by atoms with van der Waals surface area (Å²) in [6.45, 7) is 4.30. The average molecular weight is 484 g/mol. The molecule has 2 heterocycles. The Morgan fingerprint density at radius 1 is 1.24 bits per heavy atom. The van der Waals surface area contributed by atoms with Crippen LogP contribution in [-0.2, 0) is 0 Å². The van der Waals surface area contributed by atoms with E-state index >= 15 is 0 Å². The highest BCUT2D eigenvalue weighted by atomic mass is 35.5. The summed E-state index contributed by atoms with van der Waals surface area (Å²) < 4.78 is 6.99. The quantitative estimate of drug-likeness (QED) is 0.273. The fourth-order valence-electron chi connectivity index (χ4n) is 3.10. The molecule has 11 heteroatoms. The van der Waals surface area contributed by atoms with Gasteiger partial charge in [0.1, 0.15) is 11.6 Å². The van der Waals surface area contributed by atoms with Crippen molar-refractivity contribution >= 4 is 40.4 Å². The van der Waals surface area contributed by atoms with Crippen molar-refractivity contribution in [1.82, 2.24) is 14.8 Å². The molecule has 0 unspecified atom stereocenters. The van der Waals surface area contributed by atoms with Crippen molar-refractivity contribution in [2.24, 2.45) is 0 Å². The topological polar surface area (TPSA) is 112 Å². The maximum atomic E-state index is 12.8. The van der Waals surface area contributed by atoms with Crippen LogP contribution < -0.4 is 10.1 Å². The first-order chi connectivity index (χ1) is 15.9. The summed E-state index contributed by atoms with van der Waals surface area (Å²) in [4.78, 5) is 28.0. The maximum absolute atomic E-state index is 12.8. The number of hydrogen-bond donors (Lipinski definition) is 1. The van der Waals surface area contributed by atoms with E-state index in [1.807, 2.05) is 36.6 Å². The minimum atomic E-state index is -0.590. The number of nitrogens with one attached hydrogen (secondary N) is 1. The van der Waals surface area contributed by atoms with Gasteiger partial charge in [-0.1, -0.05) is 11.6 Å². The highest BCUT2D eigenvalue weighted by Crippen LogP contribution is 2.29. The molecule has 0 atom stereocenters. The zero-order valence-corrected chi connectivity index (χ0v) is 19.2. The lowest BCUT2D eigenvalue weighted by molar-refractivity contribution is -0.384. The highest BCUT2D eigenvalue weighted by molar-refractivity contribution is 7.12. The van der Waals surface area contributed by atoms with E-state index in [0.29, 0.717) is 23.3 Å². The van der Waals surface area contributed by atoms with E-state index in [0.717, 1.165) is 23.1 Å². The van der Waals surface area contributed by atoms with Gasteiger partial charge in [-0.3, -0.25) is 14.9 Å². The number of rotatable bonds is 7. The van der Waals surface area contributed by atoms with E-state index in [1.165, 1.54) is 28.2 Å². The number of nitro benzene ring substituents is 1. The van der Waals surface area contributed by atoms with Gasteiger partial charge in [0.25, 0.3) is 11.6 Å². The molecule has 2 aromatic carbocycles. The zero-order valence-electron chi connectivity index (χ0n) is 17.6. The van der Waals surface area contributed by atoms with E-state index in [9.17, 15) is 14.9 Å². The van der Waals surface area contributed by atoms with Gasteiger partial charge in [0.15, 0.2) is 0 Å². The summed E-state index contributed by atoms with van der Waals surface area (Å²) in [7, 11) is 0. The van der Waals surface area contributed by atoms with E-state index in [1.54, 1.807) is 13.0 Å². The number of amides is 1. The van der Waals surface area contributed by atoms with Crippen LogP contribution in [0.1, 0.15) is 23.0 Å². The van der Waals surface area contributed by atoms with Crippen molar-refractivity contribution in [1.29, 1.82) is 0 Å². The second kappa shape index (κ2) is 9.39. The number of halogens is 1. The number of non-ortho nitro benzene ring substituents is 1. The highest BCUT2D eigenvalue weighted by Gasteiger charge is 2.19. The monoisotopic (exact) mass is 483 g/mol. The third kappa shape index (κ3) is 4.86. The molecule has 2 aromatic heterocycles. The number of ether oxygens (including phenoxy) is 1. The van der Waals surface area contributed by atoms with Crippen molar-refractivity contribution < 1.29 is 14.5 Å². The third-order valence-electron chi connectivity index (χ3n) is 4.61. The number of carbonyl (C=O) groups is 1. The minimum absolute atomic E-state index is 0.00881. The standard InChI is InChI=1S/C22H18ClN5O4S/c1-3-32-16-7-4-14(5-8-16)19-12-33-22(24-19)27-20(10-13(2)26-27)25-21(29)17-11-15(28(30)31)6-9-18(17)23/h4-12H,3H2,1-2H3,(H,25,29). The third-order valence-corrected chi connectivity index (χ3v) is 5.76. The molecular formula is C22H18ClN5O4S. The Hall–Kier alpha value is -3.76. The molecule has 0 aliphatic heterocycles. The number of nitro groups is 1. The molecule has 0 saturated carbocycles. The molecular weight excluding hydrogens is 466 g/mol. The summed E-state index contributed by atoms with van der Waals surface area (Å²) >= 11 is 7.46. The Morgan fingerprint density at radius 2 is 2.00 bits per heavy atom. The van der Waals surface area contributed by atoms with Gasteiger partial charge in [-0.05, 0) is 44.2 Å². The first-order valence-corrected chi connectivity index (χ1v) is 11.1. The number of thiazole rings is 1. The predicted molar refractivity (Wildman–Crippen MR) is 127 cm³/mol. The van der Waals surface area contributed by atoms with Crippen LogP contribution in [0.15, 0.2) is 53.9 Å². The minimum Gasteiger partial charge on any atom is -0.494 e. The molecule has 1 N–H and O–H groups in total. The Labute approximate surface area is 197 Å². The molecule has 0 saturated heterocycles. The Kier molecular flexibility index (Phi) is 6.38. The number of nitrogens with zero attached hydrogens (tertiary/aromatic N) is 4. The van der Waals surface area contributed by atoms with E-state index < -0.39 is 10.8 Å². The van der Waals surface area contributed by atoms with Gasteiger partial charge in [0.05, 0.1) is 33.5 Å². The molecule has 0 aliphatic carbocycles. The fraction of sp³-hybridized carbons (Fsp3) is 0.136. The lowest BCUT2D eigenvalue weighted by atomic mass is 10.2. The molecule has 0 bridgehead atoms. The van der Waals surface area contributed by atoms with Crippen molar-refractivity contribution in [2.75, 3.05) is 11.9 Å². The van der Waals surface area contributed by atoms with Crippen LogP contribution in [0, 0.1) is 17.0 Å². The summed E-state index contributed by atoms with van der Waals surface area (Å²) in [6, 6.07) is 13.0. The Bertz CT molecular complexity index is 1330. The van der Waals surface area contributed by atoms with Gasteiger partial charge in [-0.2, -0.15) is 9.78 Å². The van der Waals surface area contributed by atoms with Crippen molar-refractivity contribution in [2.45, 2.75) is 13.8 Å². The number of aromatic nitrogens is 3. The van der Waals surface area contributed by atoms with Crippen LogP contribution >= 0.6 is 22.9 Å². The van der Waals surface area contributed by atoms with Crippen LogP contribution in [0.25, 0.3) is 16.4 Å². The second-order valence-corrected chi connectivity index (χ2v) is 8.17. The summed E-state index contributed by atoms with van der Waals surface area (Å²) in [5, 5.41) is 20.8. The molecule has 4 aromatic rings. The first-order valence-electron chi connectivity index (χ1n) is 9.87. The molecule has 0 spiro atoms. The number of hydrogen-bond acceptors (Lipinski definition) is 7. The summed E-state index contributed by atoms with van der Waals surface area (Å²) in [5.41, 5.74) is 2.09. The van der Waals surface area contributed by atoms with Crippen molar-refractivity contribution in [3.8, 4) is 22.1 Å². The van der Waals surface area contributed by atoms with Crippen molar-refractivity contribution in [3.63, 3.8) is 0 Å². The number of carbonyl (C=O) groups excluding carboxylic acids is 1. The largest absolute Gasteiger partial charge is 0.494 e. The average Bonchev–Trinajstić information content (AvgIpc) is 3.41. The Morgan fingerprint density at radius 3 is 2.70 bits per heavy atom. The molecule has 0 fully saturated rings. The lowest BCUT2D eigenvalue weighted by Gasteiger charge is -2.08. The van der Waals surface area contributed by atoms with Gasteiger partial charge in [0.2, 0.25) is 5.13 Å². The second-order valence-electron chi connectivity index (χ2n) is 6.93. The van der Waals surface area contributed by atoms with Gasteiger partial charge in [-0.15, -0.1) is 11.3 Å². The maximum Gasteiger partial charge on any atom is 0.270 e. The normalized spacial score (nSPS) is 10.8. The van der Waals surface area contributed by atoms with E-state index in [-0.39, 0.29) is 16.3 Å². The molecule has 0 radical (unpaired) electrons. The van der Waals surface area contributed by atoms with E-state index in [2.05, 4.69) is 15.4 Å². The molecule has 168 valence electrons. The first kappa shape index (κ1) is 22.4. The predicted octanol–water partition coefficient (Wildman–Crippen LogP) is 5.52. The molecule has 1 amide bonds. The molecule has 4 rings (SSSR count). The molecule has 9 nitrogen and oxygen atoms in total. The Balaban J connectivity index is 1.60. The smallest absolute Gasteiger partial charge is 0.270 e. The number of benzene rings is 2. The van der Waals surface area contributed by atoms with E-state index in [4.69, 9.17) is 16.3 Å². The van der Waals surface area contributed by atoms with Gasteiger partial charge in [-0.25, -0.2) is 4.98 Å². The lowest BCUT2D eigenvalue weighted by Crippen LogP contribution is -2.15. The van der Waals surface area contributed by atoms with Crippen molar-refractivity contribution in [3.05, 3.63) is 80.3 Å². The van der Waals surface area contributed by atoms with Crippen LogP contribution in [0.4, 0.5) is 11.5 Å².